The molecular formula is C52H32. The van der Waals surface area contributed by atoms with Crippen LogP contribution >= 0.6 is 0 Å². The summed E-state index contributed by atoms with van der Waals surface area (Å²) in [6.07, 6.45) is 0. The van der Waals surface area contributed by atoms with Gasteiger partial charge in [0.1, 0.15) is 0 Å². The quantitative estimate of drug-likeness (QED) is 0.177. The lowest BCUT2D eigenvalue weighted by molar-refractivity contribution is 1.62. The normalized spacial score (nSPS) is 11.8. The first kappa shape index (κ1) is 29.0. The van der Waals surface area contributed by atoms with E-state index in [4.69, 9.17) is 0 Å². The molecule has 1 aliphatic carbocycles. The minimum Gasteiger partial charge on any atom is -0.0622 e. The van der Waals surface area contributed by atoms with Crippen molar-refractivity contribution in [2.45, 2.75) is 0 Å². The zero-order chi connectivity index (χ0) is 34.2. The highest BCUT2D eigenvalue weighted by Gasteiger charge is 2.32. The molecule has 0 aromatic heterocycles. The van der Waals surface area contributed by atoms with Crippen LogP contribution < -0.4 is 0 Å². The van der Waals surface area contributed by atoms with Gasteiger partial charge in [-0.2, -0.15) is 0 Å². The lowest BCUT2D eigenvalue weighted by atomic mass is 9.82. The van der Waals surface area contributed by atoms with Crippen molar-refractivity contribution >= 4 is 43.1 Å². The molecule has 0 heterocycles. The summed E-state index contributed by atoms with van der Waals surface area (Å²) >= 11 is 0. The summed E-state index contributed by atoms with van der Waals surface area (Å²) < 4.78 is 0. The van der Waals surface area contributed by atoms with Crippen molar-refractivity contribution in [3.05, 3.63) is 194 Å². The molecule has 0 spiro atoms. The molecule has 0 fully saturated rings. The van der Waals surface area contributed by atoms with Crippen LogP contribution in [-0.4, -0.2) is 0 Å². The summed E-state index contributed by atoms with van der Waals surface area (Å²) in [5.41, 5.74) is 15.3. The fourth-order valence-corrected chi connectivity index (χ4v) is 8.99. The van der Waals surface area contributed by atoms with E-state index in [-0.39, 0.29) is 0 Å². The molecule has 0 aliphatic heterocycles. The lowest BCUT2D eigenvalue weighted by Crippen LogP contribution is -1.94. The van der Waals surface area contributed by atoms with Crippen molar-refractivity contribution in [1.82, 2.24) is 0 Å². The molecule has 0 nitrogen and oxygen atoms in total. The molecule has 240 valence electrons. The Balaban J connectivity index is 1.36. The Hall–Kier alpha value is -6.76. The molecule has 0 radical (unpaired) electrons. The number of rotatable bonds is 4. The zero-order valence-corrected chi connectivity index (χ0v) is 28.5. The predicted molar refractivity (Wildman–Crippen MR) is 223 cm³/mol. The topological polar surface area (TPSA) is 0 Å². The molecular weight excluding hydrogens is 625 g/mol. The van der Waals surface area contributed by atoms with Crippen molar-refractivity contribution in [1.29, 1.82) is 0 Å². The monoisotopic (exact) mass is 656 g/mol. The van der Waals surface area contributed by atoms with Crippen LogP contribution in [0.15, 0.2) is 194 Å². The predicted octanol–water partition coefficient (Wildman–Crippen LogP) is 14.6. The second-order valence-electron chi connectivity index (χ2n) is 13.9. The number of benzene rings is 10. The Bertz CT molecular complexity index is 3040. The SMILES string of the molecule is c1ccc(-c2c3c(c(-c4ccccc4)c4ccccc24)-c2cc(-c4ccc5ccccc5c4)c(-c4cccc5ccccc45)c4cccc-3c24)cc1. The van der Waals surface area contributed by atoms with Crippen LogP contribution in [-0.2, 0) is 0 Å². The molecule has 1 aliphatic rings. The second kappa shape index (κ2) is 11.4. The number of fused-ring (bicyclic) bond motifs is 6. The third-order valence-electron chi connectivity index (χ3n) is 11.2. The first-order valence-electron chi connectivity index (χ1n) is 18.1. The molecule has 10 aromatic carbocycles. The third-order valence-corrected chi connectivity index (χ3v) is 11.2. The largest absolute Gasteiger partial charge is 0.0622 e. The van der Waals surface area contributed by atoms with E-state index in [2.05, 4.69) is 194 Å². The van der Waals surface area contributed by atoms with Gasteiger partial charge >= 0.3 is 0 Å². The average Bonchev–Trinajstić information content (AvgIpc) is 3.54. The molecule has 0 unspecified atom stereocenters. The van der Waals surface area contributed by atoms with Gasteiger partial charge in [0, 0.05) is 0 Å². The van der Waals surface area contributed by atoms with Crippen LogP contribution in [0.2, 0.25) is 0 Å². The van der Waals surface area contributed by atoms with E-state index in [0.717, 1.165) is 0 Å². The van der Waals surface area contributed by atoms with Gasteiger partial charge in [0.15, 0.2) is 0 Å². The molecule has 11 rings (SSSR count). The minimum atomic E-state index is 1.23. The minimum absolute atomic E-state index is 1.23. The Morgan fingerprint density at radius 3 is 1.44 bits per heavy atom. The average molecular weight is 657 g/mol. The summed E-state index contributed by atoms with van der Waals surface area (Å²) in [6.45, 7) is 0. The highest BCUT2D eigenvalue weighted by atomic mass is 14.3. The molecule has 0 bridgehead atoms. The van der Waals surface area contributed by atoms with Gasteiger partial charge in [-0.05, 0) is 122 Å². The van der Waals surface area contributed by atoms with Crippen molar-refractivity contribution < 1.29 is 0 Å². The number of hydrogen-bond donors (Lipinski definition) is 0. The van der Waals surface area contributed by atoms with Gasteiger partial charge in [-0.3, -0.25) is 0 Å². The zero-order valence-electron chi connectivity index (χ0n) is 28.5. The smallest absolute Gasteiger partial charge is 0.000719 e. The molecule has 0 saturated heterocycles. The lowest BCUT2D eigenvalue weighted by Gasteiger charge is -2.21. The Labute approximate surface area is 302 Å². The van der Waals surface area contributed by atoms with Gasteiger partial charge in [-0.1, -0.05) is 182 Å². The standard InChI is InChI=1S/C52H32/c1-3-17-35(18-4-1)47-41-24-11-12-25-42(41)48(36-19-5-2-6-20-36)52-46-32-45(38-30-29-33-15-7-8-21-37(33)31-38)49(43-27-14-28-44(50(43)46)51(47)52)40-26-13-22-34-16-9-10-23-39(34)40/h1-32H. The molecule has 52 heavy (non-hydrogen) atoms. The molecule has 10 aromatic rings. The van der Waals surface area contributed by atoms with E-state index in [0.29, 0.717) is 0 Å². The van der Waals surface area contributed by atoms with E-state index in [1.807, 2.05) is 0 Å². The summed E-state index contributed by atoms with van der Waals surface area (Å²) in [7, 11) is 0. The van der Waals surface area contributed by atoms with Crippen LogP contribution in [0.25, 0.3) is 110 Å². The Morgan fingerprint density at radius 2 is 0.731 bits per heavy atom. The van der Waals surface area contributed by atoms with Crippen LogP contribution in [0.3, 0.4) is 0 Å². The van der Waals surface area contributed by atoms with Gasteiger partial charge < -0.3 is 0 Å². The van der Waals surface area contributed by atoms with Crippen LogP contribution in [0, 0.1) is 0 Å². The highest BCUT2D eigenvalue weighted by molar-refractivity contribution is 6.30. The molecule has 0 atom stereocenters. The van der Waals surface area contributed by atoms with Crippen LogP contribution in [0.4, 0.5) is 0 Å². The fraction of sp³-hybridized carbons (Fsp3) is 0. The van der Waals surface area contributed by atoms with E-state index in [1.54, 1.807) is 0 Å². The summed E-state index contributed by atoms with van der Waals surface area (Å²) in [4.78, 5) is 0. The van der Waals surface area contributed by atoms with Crippen molar-refractivity contribution in [2.24, 2.45) is 0 Å². The summed E-state index contributed by atoms with van der Waals surface area (Å²) in [5, 5.41) is 10.2. The molecule has 0 N–H and O–H groups in total. The summed E-state index contributed by atoms with van der Waals surface area (Å²) in [5.74, 6) is 0. The number of hydrogen-bond acceptors (Lipinski definition) is 0. The van der Waals surface area contributed by atoms with Gasteiger partial charge in [-0.25, -0.2) is 0 Å². The van der Waals surface area contributed by atoms with E-state index in [1.165, 1.54) is 110 Å². The van der Waals surface area contributed by atoms with E-state index in [9.17, 15) is 0 Å². The van der Waals surface area contributed by atoms with Gasteiger partial charge in [0.05, 0.1) is 0 Å². The molecule has 0 saturated carbocycles. The highest BCUT2D eigenvalue weighted by Crippen LogP contribution is 2.60. The fourth-order valence-electron chi connectivity index (χ4n) is 8.99. The van der Waals surface area contributed by atoms with Crippen LogP contribution in [0.1, 0.15) is 0 Å². The van der Waals surface area contributed by atoms with Crippen LogP contribution in [0.5, 0.6) is 0 Å². The van der Waals surface area contributed by atoms with Crippen molar-refractivity contribution in [2.75, 3.05) is 0 Å². The van der Waals surface area contributed by atoms with Gasteiger partial charge in [-0.15, -0.1) is 0 Å². The second-order valence-corrected chi connectivity index (χ2v) is 13.9. The third kappa shape index (κ3) is 4.22. The first-order chi connectivity index (χ1) is 25.8. The van der Waals surface area contributed by atoms with Gasteiger partial charge in [0.2, 0.25) is 0 Å². The molecule has 0 heteroatoms. The van der Waals surface area contributed by atoms with E-state index < -0.39 is 0 Å². The Kier molecular flexibility index (Phi) is 6.35. The summed E-state index contributed by atoms with van der Waals surface area (Å²) in [6, 6.07) is 71.8. The first-order valence-corrected chi connectivity index (χ1v) is 18.1. The maximum atomic E-state index is 2.52. The maximum Gasteiger partial charge on any atom is -0.000719 e. The van der Waals surface area contributed by atoms with Crippen molar-refractivity contribution in [3.63, 3.8) is 0 Å². The van der Waals surface area contributed by atoms with Crippen molar-refractivity contribution in [3.8, 4) is 66.8 Å². The maximum absolute atomic E-state index is 2.52. The molecule has 0 amide bonds. The van der Waals surface area contributed by atoms with Gasteiger partial charge in [0.25, 0.3) is 0 Å². The van der Waals surface area contributed by atoms with E-state index >= 15 is 0 Å². The Morgan fingerprint density at radius 1 is 0.212 bits per heavy atom.